The summed E-state index contributed by atoms with van der Waals surface area (Å²) in [5.41, 5.74) is 1.98. The van der Waals surface area contributed by atoms with Crippen molar-refractivity contribution in [2.75, 3.05) is 57.4 Å². The van der Waals surface area contributed by atoms with E-state index in [9.17, 15) is 8.42 Å². The van der Waals surface area contributed by atoms with Crippen molar-refractivity contribution in [3.63, 3.8) is 0 Å². The van der Waals surface area contributed by atoms with E-state index in [0.29, 0.717) is 44.3 Å². The lowest BCUT2D eigenvalue weighted by molar-refractivity contribution is 0.122. The summed E-state index contributed by atoms with van der Waals surface area (Å²) in [7, 11) is -3.49. The third-order valence-corrected chi connectivity index (χ3v) is 8.68. The van der Waals surface area contributed by atoms with Crippen molar-refractivity contribution in [3.05, 3.63) is 59.9 Å². The van der Waals surface area contributed by atoms with Crippen LogP contribution in [-0.4, -0.2) is 80.1 Å². The van der Waals surface area contributed by atoms with Gasteiger partial charge < -0.3 is 9.64 Å². The lowest BCUT2D eigenvalue weighted by Crippen LogP contribution is -2.49. The summed E-state index contributed by atoms with van der Waals surface area (Å²) < 4.78 is 33.3. The monoisotopic (exact) mass is 481 g/mol. The van der Waals surface area contributed by atoms with Gasteiger partial charge in [-0.2, -0.15) is 4.31 Å². The summed E-state index contributed by atoms with van der Waals surface area (Å²) in [5, 5.41) is 1.05. The molecule has 3 aromatic rings. The Balaban J connectivity index is 1.35. The molecule has 2 aromatic carbocycles. The molecule has 8 nitrogen and oxygen atoms in total. The Morgan fingerprint density at radius 1 is 0.882 bits per heavy atom. The van der Waals surface area contributed by atoms with Crippen LogP contribution in [0, 0.1) is 6.92 Å². The molecule has 34 heavy (non-hydrogen) atoms. The highest BCUT2D eigenvalue weighted by Gasteiger charge is 2.31. The number of fused-ring (bicyclic) bond motifs is 1. The fraction of sp³-hybridized carbons (Fsp3) is 0.440. The van der Waals surface area contributed by atoms with Crippen LogP contribution in [0.15, 0.2) is 53.4 Å². The fourth-order valence-electron chi connectivity index (χ4n) is 4.63. The van der Waals surface area contributed by atoms with Gasteiger partial charge in [-0.05, 0) is 38.1 Å². The molecule has 0 N–H and O–H groups in total. The lowest BCUT2D eigenvalue weighted by atomic mass is 10.1. The summed E-state index contributed by atoms with van der Waals surface area (Å²) >= 11 is 0. The number of para-hydroxylation sites is 1. The first-order valence-electron chi connectivity index (χ1n) is 11.8. The second-order valence-electron chi connectivity index (χ2n) is 8.95. The van der Waals surface area contributed by atoms with E-state index in [4.69, 9.17) is 14.7 Å². The zero-order valence-corrected chi connectivity index (χ0v) is 20.5. The normalized spacial score (nSPS) is 19.4. The molecule has 180 valence electrons. The first kappa shape index (κ1) is 23.2. The molecule has 5 rings (SSSR count). The number of sulfonamides is 1. The van der Waals surface area contributed by atoms with Crippen LogP contribution in [0.3, 0.4) is 0 Å². The highest BCUT2D eigenvalue weighted by molar-refractivity contribution is 7.89. The van der Waals surface area contributed by atoms with E-state index in [-0.39, 0.29) is 6.04 Å². The van der Waals surface area contributed by atoms with Crippen LogP contribution in [-0.2, 0) is 14.8 Å². The highest BCUT2D eigenvalue weighted by atomic mass is 32.2. The molecule has 2 saturated heterocycles. The molecule has 2 aliphatic rings. The minimum absolute atomic E-state index is 0.0198. The van der Waals surface area contributed by atoms with Crippen LogP contribution in [0.4, 0.5) is 5.82 Å². The Morgan fingerprint density at radius 3 is 2.26 bits per heavy atom. The van der Waals surface area contributed by atoms with Gasteiger partial charge in [0, 0.05) is 44.7 Å². The molecule has 2 fully saturated rings. The lowest BCUT2D eigenvalue weighted by Gasteiger charge is -2.37. The average Bonchev–Trinajstić information content (AvgIpc) is 2.88. The first-order valence-corrected chi connectivity index (χ1v) is 13.3. The van der Waals surface area contributed by atoms with Crippen molar-refractivity contribution in [1.29, 1.82) is 0 Å². The highest BCUT2D eigenvalue weighted by Crippen LogP contribution is 2.29. The quantitative estimate of drug-likeness (QED) is 0.554. The third kappa shape index (κ3) is 4.53. The summed E-state index contributed by atoms with van der Waals surface area (Å²) in [4.78, 5) is 14.8. The second-order valence-corrected chi connectivity index (χ2v) is 10.9. The molecule has 1 atom stereocenters. The van der Waals surface area contributed by atoms with E-state index in [1.165, 1.54) is 0 Å². The van der Waals surface area contributed by atoms with E-state index < -0.39 is 10.0 Å². The Labute approximate surface area is 201 Å². The zero-order chi connectivity index (χ0) is 23.7. The Bertz CT molecular complexity index is 1250. The van der Waals surface area contributed by atoms with Crippen molar-refractivity contribution in [1.82, 2.24) is 19.2 Å². The van der Waals surface area contributed by atoms with Gasteiger partial charge in [-0.3, -0.25) is 4.90 Å². The molecule has 1 unspecified atom stereocenters. The van der Waals surface area contributed by atoms with Crippen LogP contribution < -0.4 is 4.90 Å². The van der Waals surface area contributed by atoms with E-state index in [1.54, 1.807) is 16.4 Å². The van der Waals surface area contributed by atoms with Crippen LogP contribution in [0.2, 0.25) is 0 Å². The standard InChI is InChI=1S/C25H31N5O3S/c1-19-7-9-21(10-8-19)34(31,32)30-13-11-28(12-14-30)20(2)24-26-23-6-4-3-5-22(23)25(27-24)29-15-17-33-18-16-29/h3-10,20H,11-18H2,1-2H3. The van der Waals surface area contributed by atoms with Gasteiger partial charge in [0.15, 0.2) is 0 Å². The SMILES string of the molecule is Cc1ccc(S(=O)(=O)N2CCN(C(C)c3nc(N4CCOCC4)c4ccccc4n3)CC2)cc1. The topological polar surface area (TPSA) is 78.9 Å². The Morgan fingerprint density at radius 2 is 1.56 bits per heavy atom. The van der Waals surface area contributed by atoms with E-state index in [2.05, 4.69) is 22.8 Å². The first-order chi connectivity index (χ1) is 16.4. The molecule has 0 spiro atoms. The van der Waals surface area contributed by atoms with E-state index >= 15 is 0 Å². The number of anilines is 1. The van der Waals surface area contributed by atoms with Gasteiger partial charge in [-0.25, -0.2) is 18.4 Å². The summed E-state index contributed by atoms with van der Waals surface area (Å²) in [6, 6.07) is 15.2. The maximum atomic E-state index is 13.1. The van der Waals surface area contributed by atoms with Crippen molar-refractivity contribution in [2.45, 2.75) is 24.8 Å². The number of rotatable bonds is 5. The molecular weight excluding hydrogens is 450 g/mol. The smallest absolute Gasteiger partial charge is 0.243 e. The molecule has 3 heterocycles. The number of piperazine rings is 1. The molecule has 0 aliphatic carbocycles. The molecule has 0 saturated carbocycles. The number of ether oxygens (including phenoxy) is 1. The van der Waals surface area contributed by atoms with Crippen molar-refractivity contribution >= 4 is 26.7 Å². The minimum Gasteiger partial charge on any atom is -0.378 e. The largest absolute Gasteiger partial charge is 0.378 e. The fourth-order valence-corrected chi connectivity index (χ4v) is 6.06. The number of hydrogen-bond acceptors (Lipinski definition) is 7. The van der Waals surface area contributed by atoms with Gasteiger partial charge in [0.1, 0.15) is 11.6 Å². The molecule has 0 amide bonds. The number of nitrogens with zero attached hydrogens (tertiary/aromatic N) is 5. The number of morpholine rings is 1. The number of benzene rings is 2. The van der Waals surface area contributed by atoms with Crippen LogP contribution in [0.5, 0.6) is 0 Å². The molecular formula is C25H31N5O3S. The van der Waals surface area contributed by atoms with Crippen LogP contribution in [0.1, 0.15) is 24.4 Å². The van der Waals surface area contributed by atoms with Gasteiger partial charge in [-0.1, -0.05) is 29.8 Å². The van der Waals surface area contributed by atoms with Crippen LogP contribution >= 0.6 is 0 Å². The van der Waals surface area contributed by atoms with Gasteiger partial charge >= 0.3 is 0 Å². The van der Waals surface area contributed by atoms with E-state index in [0.717, 1.165) is 41.2 Å². The molecule has 0 bridgehead atoms. The van der Waals surface area contributed by atoms with Crippen molar-refractivity contribution in [3.8, 4) is 0 Å². The number of aryl methyl sites for hydroxylation is 1. The zero-order valence-electron chi connectivity index (χ0n) is 19.7. The van der Waals surface area contributed by atoms with Gasteiger partial charge in [0.25, 0.3) is 0 Å². The maximum absolute atomic E-state index is 13.1. The van der Waals surface area contributed by atoms with Gasteiger partial charge in [0.05, 0.1) is 29.7 Å². The molecule has 0 radical (unpaired) electrons. The summed E-state index contributed by atoms with van der Waals surface area (Å²) in [6.07, 6.45) is 0. The maximum Gasteiger partial charge on any atom is 0.243 e. The molecule has 1 aromatic heterocycles. The van der Waals surface area contributed by atoms with Gasteiger partial charge in [-0.15, -0.1) is 0 Å². The van der Waals surface area contributed by atoms with Crippen molar-refractivity contribution < 1.29 is 13.2 Å². The van der Waals surface area contributed by atoms with Crippen molar-refractivity contribution in [2.24, 2.45) is 0 Å². The summed E-state index contributed by atoms with van der Waals surface area (Å²) in [5.74, 6) is 1.73. The van der Waals surface area contributed by atoms with Gasteiger partial charge in [0.2, 0.25) is 10.0 Å². The molecule has 2 aliphatic heterocycles. The third-order valence-electron chi connectivity index (χ3n) is 6.76. The second kappa shape index (κ2) is 9.58. The number of aromatic nitrogens is 2. The predicted molar refractivity (Wildman–Crippen MR) is 132 cm³/mol. The predicted octanol–water partition coefficient (Wildman–Crippen LogP) is 2.84. The number of hydrogen-bond donors (Lipinski definition) is 0. The van der Waals surface area contributed by atoms with E-state index in [1.807, 2.05) is 37.3 Å². The average molecular weight is 482 g/mol. The minimum atomic E-state index is -3.49. The Kier molecular flexibility index (Phi) is 6.52. The molecule has 9 heteroatoms. The summed E-state index contributed by atoms with van der Waals surface area (Å²) in [6.45, 7) is 9.24. The van der Waals surface area contributed by atoms with Crippen LogP contribution in [0.25, 0.3) is 10.9 Å². The Hall–Kier alpha value is -2.59.